The lowest BCUT2D eigenvalue weighted by molar-refractivity contribution is 0.523. The molecule has 0 atom stereocenters. The van der Waals surface area contributed by atoms with Crippen LogP contribution in [0, 0.1) is 0 Å². The molecule has 1 aromatic carbocycles. The molecular formula is C13H16ClNO. The molecule has 0 saturated heterocycles. The summed E-state index contributed by atoms with van der Waals surface area (Å²) in [5.41, 5.74) is 1.51. The van der Waals surface area contributed by atoms with E-state index in [-0.39, 0.29) is 0 Å². The number of hydrogen-bond donors (Lipinski definition) is 0. The topological polar surface area (TPSA) is 29.4 Å². The van der Waals surface area contributed by atoms with Crippen LogP contribution in [0.3, 0.4) is 0 Å². The summed E-state index contributed by atoms with van der Waals surface area (Å²) in [6, 6.07) is 5.86. The van der Waals surface area contributed by atoms with Gasteiger partial charge in [0.15, 0.2) is 0 Å². The molecule has 3 heteroatoms. The molecule has 0 aliphatic rings. The summed E-state index contributed by atoms with van der Waals surface area (Å²) in [6.45, 7) is 5.84. The molecule has 0 aliphatic heterocycles. The molecule has 86 valence electrons. The zero-order valence-electron chi connectivity index (χ0n) is 9.88. The van der Waals surface area contributed by atoms with Crippen molar-refractivity contribution in [3.8, 4) is 0 Å². The van der Waals surface area contributed by atoms with Crippen molar-refractivity contribution in [2.45, 2.75) is 39.2 Å². The zero-order chi connectivity index (χ0) is 12.2. The molecule has 1 rings (SSSR count). The van der Waals surface area contributed by atoms with Gasteiger partial charge < -0.3 is 0 Å². The van der Waals surface area contributed by atoms with E-state index in [1.165, 1.54) is 0 Å². The van der Waals surface area contributed by atoms with Crippen LogP contribution in [0.5, 0.6) is 0 Å². The van der Waals surface area contributed by atoms with Gasteiger partial charge in [0.25, 0.3) is 0 Å². The highest BCUT2D eigenvalue weighted by Crippen LogP contribution is 2.28. The summed E-state index contributed by atoms with van der Waals surface area (Å²) in [5.74, 6) is 0. The van der Waals surface area contributed by atoms with E-state index in [9.17, 15) is 4.79 Å². The predicted octanol–water partition coefficient (Wildman–Crippen LogP) is 3.86. The second-order valence-electron chi connectivity index (χ2n) is 4.32. The minimum atomic E-state index is -0.559. The molecule has 1 aromatic rings. The second-order valence-corrected chi connectivity index (χ2v) is 4.73. The van der Waals surface area contributed by atoms with Crippen molar-refractivity contribution in [3.63, 3.8) is 0 Å². The fourth-order valence-corrected chi connectivity index (χ4v) is 1.85. The molecule has 0 heterocycles. The van der Waals surface area contributed by atoms with Crippen LogP contribution in [0.25, 0.3) is 0 Å². The summed E-state index contributed by atoms with van der Waals surface area (Å²) in [7, 11) is 0. The van der Waals surface area contributed by atoms with E-state index in [4.69, 9.17) is 11.6 Å². The SMILES string of the molecule is CCCc1ccc(C(C)(C)N=C=O)cc1Cl. The Hall–Kier alpha value is -1.11. The third kappa shape index (κ3) is 2.94. The van der Waals surface area contributed by atoms with Crippen LogP contribution in [-0.2, 0) is 16.8 Å². The normalized spacial score (nSPS) is 11.0. The highest BCUT2D eigenvalue weighted by atomic mass is 35.5. The van der Waals surface area contributed by atoms with Crippen molar-refractivity contribution in [1.82, 2.24) is 0 Å². The number of carbonyl (C=O) groups excluding carboxylic acids is 1. The van der Waals surface area contributed by atoms with Crippen molar-refractivity contribution in [3.05, 3.63) is 34.3 Å². The Bertz CT molecular complexity index is 420. The standard InChI is InChI=1S/C13H16ClNO/c1-4-5-10-6-7-11(8-12(10)14)13(2,3)15-9-16/h6-8H,4-5H2,1-3H3. The molecule has 16 heavy (non-hydrogen) atoms. The number of aryl methyl sites for hydroxylation is 1. The van der Waals surface area contributed by atoms with Crippen LogP contribution in [-0.4, -0.2) is 6.08 Å². The number of isocyanates is 1. The number of nitrogens with zero attached hydrogens (tertiary/aromatic N) is 1. The molecule has 0 spiro atoms. The quantitative estimate of drug-likeness (QED) is 0.578. The van der Waals surface area contributed by atoms with Crippen LogP contribution in [0.2, 0.25) is 5.02 Å². The smallest absolute Gasteiger partial charge is 0.211 e. The van der Waals surface area contributed by atoms with Crippen molar-refractivity contribution < 1.29 is 4.79 Å². The van der Waals surface area contributed by atoms with Gasteiger partial charge in [-0.1, -0.05) is 37.1 Å². The second kappa shape index (κ2) is 5.29. The van der Waals surface area contributed by atoms with E-state index >= 15 is 0 Å². The van der Waals surface area contributed by atoms with Gasteiger partial charge in [-0.15, -0.1) is 0 Å². The first-order chi connectivity index (χ1) is 7.51. The molecule has 0 N–H and O–H groups in total. The maximum Gasteiger partial charge on any atom is 0.235 e. The number of rotatable bonds is 4. The third-order valence-electron chi connectivity index (χ3n) is 2.60. The molecule has 0 aliphatic carbocycles. The number of benzene rings is 1. The molecule has 0 amide bonds. The molecule has 0 radical (unpaired) electrons. The minimum Gasteiger partial charge on any atom is -0.211 e. The highest BCUT2D eigenvalue weighted by molar-refractivity contribution is 6.31. The maximum atomic E-state index is 10.3. The van der Waals surface area contributed by atoms with Gasteiger partial charge in [0.05, 0.1) is 5.54 Å². The van der Waals surface area contributed by atoms with Crippen molar-refractivity contribution >= 4 is 17.7 Å². The van der Waals surface area contributed by atoms with Gasteiger partial charge in [0.1, 0.15) is 0 Å². The fraction of sp³-hybridized carbons (Fsp3) is 0.462. The highest BCUT2D eigenvalue weighted by Gasteiger charge is 2.20. The van der Waals surface area contributed by atoms with E-state index in [1.807, 2.05) is 32.0 Å². The van der Waals surface area contributed by atoms with Gasteiger partial charge >= 0.3 is 0 Å². The van der Waals surface area contributed by atoms with Crippen LogP contribution in [0.15, 0.2) is 23.2 Å². The molecule has 0 aromatic heterocycles. The lowest BCUT2D eigenvalue weighted by Crippen LogP contribution is -2.13. The van der Waals surface area contributed by atoms with E-state index < -0.39 is 5.54 Å². The number of aliphatic imine (C=N–C) groups is 1. The fourth-order valence-electron chi connectivity index (χ4n) is 1.58. The molecule has 0 unspecified atom stereocenters. The monoisotopic (exact) mass is 237 g/mol. The average molecular weight is 238 g/mol. The third-order valence-corrected chi connectivity index (χ3v) is 2.96. The van der Waals surface area contributed by atoms with Gasteiger partial charge in [0.2, 0.25) is 6.08 Å². The Morgan fingerprint density at radius 3 is 2.62 bits per heavy atom. The lowest BCUT2D eigenvalue weighted by atomic mass is 9.93. The lowest BCUT2D eigenvalue weighted by Gasteiger charge is -2.19. The summed E-state index contributed by atoms with van der Waals surface area (Å²) >= 11 is 6.17. The van der Waals surface area contributed by atoms with Gasteiger partial charge in [-0.05, 0) is 37.5 Å². The predicted molar refractivity (Wildman–Crippen MR) is 66.6 cm³/mol. The Labute approximate surface area is 101 Å². The summed E-state index contributed by atoms with van der Waals surface area (Å²) < 4.78 is 0. The van der Waals surface area contributed by atoms with E-state index in [1.54, 1.807) is 6.08 Å². The first-order valence-electron chi connectivity index (χ1n) is 5.39. The Morgan fingerprint density at radius 2 is 2.12 bits per heavy atom. The summed E-state index contributed by atoms with van der Waals surface area (Å²) in [4.78, 5) is 14.1. The Balaban J connectivity index is 3.10. The van der Waals surface area contributed by atoms with Crippen molar-refractivity contribution in [2.24, 2.45) is 4.99 Å². The average Bonchev–Trinajstić information content (AvgIpc) is 2.21. The molecule has 0 fully saturated rings. The Kier molecular flexibility index (Phi) is 4.28. The summed E-state index contributed by atoms with van der Waals surface area (Å²) in [5, 5.41) is 0.744. The van der Waals surface area contributed by atoms with Gasteiger partial charge in [0, 0.05) is 5.02 Å². The molecule has 0 saturated carbocycles. The van der Waals surface area contributed by atoms with Crippen molar-refractivity contribution in [1.29, 1.82) is 0 Å². The first-order valence-corrected chi connectivity index (χ1v) is 5.77. The van der Waals surface area contributed by atoms with E-state index in [0.29, 0.717) is 0 Å². The first kappa shape index (κ1) is 13.0. The van der Waals surface area contributed by atoms with Gasteiger partial charge in [-0.2, -0.15) is 4.99 Å². The minimum absolute atomic E-state index is 0.559. The largest absolute Gasteiger partial charge is 0.235 e. The van der Waals surface area contributed by atoms with Crippen LogP contribution in [0.1, 0.15) is 38.3 Å². The van der Waals surface area contributed by atoms with E-state index in [0.717, 1.165) is 29.0 Å². The molecule has 2 nitrogen and oxygen atoms in total. The number of hydrogen-bond acceptors (Lipinski definition) is 2. The molecular weight excluding hydrogens is 222 g/mol. The van der Waals surface area contributed by atoms with Gasteiger partial charge in [-0.25, -0.2) is 4.79 Å². The van der Waals surface area contributed by atoms with Crippen LogP contribution >= 0.6 is 11.6 Å². The Morgan fingerprint density at radius 1 is 1.44 bits per heavy atom. The number of halogens is 1. The van der Waals surface area contributed by atoms with Crippen LogP contribution in [0.4, 0.5) is 0 Å². The molecule has 0 bridgehead atoms. The zero-order valence-corrected chi connectivity index (χ0v) is 10.6. The maximum absolute atomic E-state index is 10.3. The van der Waals surface area contributed by atoms with Gasteiger partial charge in [-0.3, -0.25) is 0 Å². The van der Waals surface area contributed by atoms with Crippen LogP contribution < -0.4 is 0 Å². The summed E-state index contributed by atoms with van der Waals surface area (Å²) in [6.07, 6.45) is 3.63. The van der Waals surface area contributed by atoms with E-state index in [2.05, 4.69) is 11.9 Å². The van der Waals surface area contributed by atoms with Crippen molar-refractivity contribution in [2.75, 3.05) is 0 Å².